The Kier molecular flexibility index (Phi) is 5.58. The average molecular weight is 371 g/mol. The molecule has 1 aliphatic heterocycles. The maximum absolute atomic E-state index is 12.6. The maximum atomic E-state index is 12.6. The van der Waals surface area contributed by atoms with Crippen molar-refractivity contribution < 1.29 is 19.2 Å². The van der Waals surface area contributed by atoms with Gasteiger partial charge in [0.25, 0.3) is 0 Å². The molecule has 3 rings (SSSR count). The van der Waals surface area contributed by atoms with Crippen LogP contribution in [0.15, 0.2) is 18.2 Å². The van der Waals surface area contributed by atoms with Gasteiger partial charge in [0.1, 0.15) is 6.54 Å². The third-order valence-corrected chi connectivity index (χ3v) is 5.34. The van der Waals surface area contributed by atoms with E-state index in [1.165, 1.54) is 0 Å². The molecule has 0 aromatic heterocycles. The number of rotatable bonds is 6. The SMILES string of the molecule is CCc1cccc(CC)c1NC(=O)CN1C(=O)C(=O)N(C2CCCC2)C1=O. The number of nitrogens with one attached hydrogen (secondary N) is 1. The Hall–Kier alpha value is -2.70. The topological polar surface area (TPSA) is 86.8 Å². The van der Waals surface area contributed by atoms with E-state index in [1.54, 1.807) is 0 Å². The minimum atomic E-state index is -0.915. The number of carbonyl (C=O) groups is 4. The Morgan fingerprint density at radius 2 is 1.63 bits per heavy atom. The van der Waals surface area contributed by atoms with E-state index in [2.05, 4.69) is 5.32 Å². The van der Waals surface area contributed by atoms with Gasteiger partial charge in [-0.3, -0.25) is 19.3 Å². The summed E-state index contributed by atoms with van der Waals surface area (Å²) >= 11 is 0. The molecular formula is C20H25N3O4. The summed E-state index contributed by atoms with van der Waals surface area (Å²) in [5, 5.41) is 2.83. The summed E-state index contributed by atoms with van der Waals surface area (Å²) in [7, 11) is 0. The Balaban J connectivity index is 1.74. The van der Waals surface area contributed by atoms with Crippen LogP contribution in [-0.4, -0.2) is 46.1 Å². The summed E-state index contributed by atoms with van der Waals surface area (Å²) in [6.45, 7) is 3.54. The largest absolute Gasteiger partial charge is 0.334 e. The van der Waals surface area contributed by atoms with Crippen molar-refractivity contribution in [3.8, 4) is 0 Å². The number of hydrogen-bond acceptors (Lipinski definition) is 4. The van der Waals surface area contributed by atoms with E-state index in [1.807, 2.05) is 32.0 Å². The molecule has 1 aliphatic carbocycles. The van der Waals surface area contributed by atoms with Crippen molar-refractivity contribution in [2.45, 2.75) is 58.4 Å². The zero-order valence-corrected chi connectivity index (χ0v) is 15.8. The van der Waals surface area contributed by atoms with Crippen LogP contribution in [0.25, 0.3) is 0 Å². The molecule has 1 saturated carbocycles. The first-order valence-corrected chi connectivity index (χ1v) is 9.57. The molecule has 1 aromatic carbocycles. The number of nitrogens with zero attached hydrogens (tertiary/aromatic N) is 2. The zero-order valence-electron chi connectivity index (χ0n) is 15.8. The number of amides is 5. The van der Waals surface area contributed by atoms with Gasteiger partial charge in [-0.2, -0.15) is 0 Å². The van der Waals surface area contributed by atoms with Crippen LogP contribution in [0.5, 0.6) is 0 Å². The van der Waals surface area contributed by atoms with Crippen LogP contribution in [0.3, 0.4) is 0 Å². The number of para-hydroxylation sites is 1. The van der Waals surface area contributed by atoms with Crippen LogP contribution in [0.4, 0.5) is 10.5 Å². The third kappa shape index (κ3) is 3.59. The standard InChI is InChI=1S/C20H25N3O4/c1-3-13-8-7-9-14(4-2)17(13)21-16(24)12-22-18(25)19(26)23(20(22)27)15-10-5-6-11-15/h7-9,15H,3-6,10-12H2,1-2H3,(H,21,24). The fourth-order valence-electron chi connectivity index (χ4n) is 3.87. The van der Waals surface area contributed by atoms with Gasteiger partial charge in [-0.1, -0.05) is 44.9 Å². The van der Waals surface area contributed by atoms with E-state index in [9.17, 15) is 19.2 Å². The minimum absolute atomic E-state index is 0.227. The van der Waals surface area contributed by atoms with Gasteiger partial charge in [0.2, 0.25) is 5.91 Å². The second-order valence-electron chi connectivity index (χ2n) is 6.99. The van der Waals surface area contributed by atoms with Gasteiger partial charge in [0.05, 0.1) is 0 Å². The van der Waals surface area contributed by atoms with Crippen LogP contribution >= 0.6 is 0 Å². The molecule has 144 valence electrons. The van der Waals surface area contributed by atoms with E-state index < -0.39 is 30.3 Å². The number of anilines is 1. The normalized spacial score (nSPS) is 17.9. The molecular weight excluding hydrogens is 346 g/mol. The van der Waals surface area contributed by atoms with Crippen LogP contribution in [0, 0.1) is 0 Å². The molecule has 2 fully saturated rings. The molecule has 7 nitrogen and oxygen atoms in total. The number of benzene rings is 1. The number of imide groups is 2. The molecule has 0 bridgehead atoms. The Morgan fingerprint density at radius 1 is 1.04 bits per heavy atom. The van der Waals surface area contributed by atoms with Crippen molar-refractivity contribution in [2.75, 3.05) is 11.9 Å². The Labute approximate surface area is 158 Å². The number of urea groups is 1. The molecule has 0 unspecified atom stereocenters. The smallest absolute Gasteiger partial charge is 0.324 e. The first kappa shape index (κ1) is 19.1. The molecule has 27 heavy (non-hydrogen) atoms. The van der Waals surface area contributed by atoms with Crippen LogP contribution in [0.2, 0.25) is 0 Å². The van der Waals surface area contributed by atoms with Gasteiger partial charge in [-0.15, -0.1) is 0 Å². The lowest BCUT2D eigenvalue weighted by atomic mass is 10.0. The van der Waals surface area contributed by atoms with E-state index in [4.69, 9.17) is 0 Å². The number of hydrogen-bond donors (Lipinski definition) is 1. The van der Waals surface area contributed by atoms with Gasteiger partial charge in [-0.25, -0.2) is 9.69 Å². The summed E-state index contributed by atoms with van der Waals surface area (Å²) in [5.74, 6) is -2.21. The van der Waals surface area contributed by atoms with Gasteiger partial charge in [0.15, 0.2) is 0 Å². The molecule has 0 radical (unpaired) electrons. The number of carbonyl (C=O) groups excluding carboxylic acids is 4. The van der Waals surface area contributed by atoms with Gasteiger partial charge >= 0.3 is 17.8 Å². The van der Waals surface area contributed by atoms with E-state index >= 15 is 0 Å². The van der Waals surface area contributed by atoms with Gasteiger partial charge in [0, 0.05) is 11.7 Å². The first-order chi connectivity index (χ1) is 13.0. The van der Waals surface area contributed by atoms with Crippen molar-refractivity contribution in [3.05, 3.63) is 29.3 Å². The maximum Gasteiger partial charge on any atom is 0.334 e. The van der Waals surface area contributed by atoms with Crippen molar-refractivity contribution in [1.29, 1.82) is 0 Å². The summed E-state index contributed by atoms with van der Waals surface area (Å²) < 4.78 is 0. The summed E-state index contributed by atoms with van der Waals surface area (Å²) in [5.41, 5.74) is 2.71. The monoisotopic (exact) mass is 371 g/mol. The lowest BCUT2D eigenvalue weighted by molar-refractivity contribution is -0.144. The van der Waals surface area contributed by atoms with Crippen LogP contribution < -0.4 is 5.32 Å². The summed E-state index contributed by atoms with van der Waals surface area (Å²) in [6, 6.07) is 4.92. The molecule has 1 heterocycles. The van der Waals surface area contributed by atoms with Crippen molar-refractivity contribution in [1.82, 2.24) is 9.80 Å². The summed E-state index contributed by atoms with van der Waals surface area (Å²) in [4.78, 5) is 51.4. The highest BCUT2D eigenvalue weighted by molar-refractivity contribution is 6.45. The predicted molar refractivity (Wildman–Crippen MR) is 100 cm³/mol. The average Bonchev–Trinajstić information content (AvgIpc) is 3.25. The lowest BCUT2D eigenvalue weighted by Crippen LogP contribution is -2.41. The zero-order chi connectivity index (χ0) is 19.6. The Bertz CT molecular complexity index is 761. The first-order valence-electron chi connectivity index (χ1n) is 9.57. The highest BCUT2D eigenvalue weighted by atomic mass is 16.2. The molecule has 2 aliphatic rings. The predicted octanol–water partition coefficient (Wildman–Crippen LogP) is 2.48. The molecule has 5 amide bonds. The van der Waals surface area contributed by atoms with Gasteiger partial charge < -0.3 is 5.32 Å². The fourth-order valence-corrected chi connectivity index (χ4v) is 3.87. The van der Waals surface area contributed by atoms with Crippen LogP contribution in [0.1, 0.15) is 50.7 Å². The minimum Gasteiger partial charge on any atom is -0.324 e. The van der Waals surface area contributed by atoms with Gasteiger partial charge in [-0.05, 0) is 36.8 Å². The molecule has 1 N–H and O–H groups in total. The second-order valence-corrected chi connectivity index (χ2v) is 6.99. The van der Waals surface area contributed by atoms with Crippen molar-refractivity contribution in [2.24, 2.45) is 0 Å². The highest BCUT2D eigenvalue weighted by Crippen LogP contribution is 2.28. The number of aryl methyl sites for hydroxylation is 2. The molecule has 7 heteroatoms. The van der Waals surface area contributed by atoms with Crippen LogP contribution in [-0.2, 0) is 27.2 Å². The van der Waals surface area contributed by atoms with Crippen molar-refractivity contribution >= 4 is 29.4 Å². The Morgan fingerprint density at radius 3 is 2.19 bits per heavy atom. The molecule has 0 spiro atoms. The fraction of sp³-hybridized carbons (Fsp3) is 0.500. The quantitative estimate of drug-likeness (QED) is 0.615. The van der Waals surface area contributed by atoms with E-state index in [0.29, 0.717) is 12.8 Å². The van der Waals surface area contributed by atoms with E-state index in [0.717, 1.165) is 52.3 Å². The second kappa shape index (κ2) is 7.90. The third-order valence-electron chi connectivity index (χ3n) is 5.34. The molecule has 0 atom stereocenters. The van der Waals surface area contributed by atoms with Crippen molar-refractivity contribution in [3.63, 3.8) is 0 Å². The lowest BCUT2D eigenvalue weighted by Gasteiger charge is -2.21. The molecule has 1 saturated heterocycles. The summed E-state index contributed by atoms with van der Waals surface area (Å²) in [6.07, 6.45) is 4.80. The molecule has 1 aromatic rings. The van der Waals surface area contributed by atoms with E-state index in [-0.39, 0.29) is 6.04 Å². The highest BCUT2D eigenvalue weighted by Gasteiger charge is 2.48.